The Hall–Kier alpha value is -1.44. The Morgan fingerprint density at radius 1 is 1.28 bits per heavy atom. The summed E-state index contributed by atoms with van der Waals surface area (Å²) in [5.41, 5.74) is 0.493. The molecule has 1 aliphatic heterocycles. The van der Waals surface area contributed by atoms with Crippen LogP contribution in [0.2, 0.25) is 0 Å². The number of methoxy groups -OCH3 is 1. The van der Waals surface area contributed by atoms with E-state index in [9.17, 15) is 13.2 Å². The highest BCUT2D eigenvalue weighted by molar-refractivity contribution is 7.88. The van der Waals surface area contributed by atoms with Crippen LogP contribution in [0.4, 0.5) is 0 Å². The minimum atomic E-state index is -3.18. The Labute approximate surface area is 150 Å². The molecule has 0 bridgehead atoms. The van der Waals surface area contributed by atoms with Crippen LogP contribution in [-0.4, -0.2) is 57.2 Å². The molecule has 25 heavy (non-hydrogen) atoms. The second kappa shape index (κ2) is 8.29. The first-order valence-corrected chi connectivity index (χ1v) is 10.5. The zero-order valence-electron chi connectivity index (χ0n) is 15.2. The summed E-state index contributed by atoms with van der Waals surface area (Å²) in [6.07, 6.45) is 3.08. The van der Waals surface area contributed by atoms with E-state index < -0.39 is 15.6 Å². The van der Waals surface area contributed by atoms with Crippen molar-refractivity contribution in [1.29, 1.82) is 0 Å². The fourth-order valence-corrected chi connectivity index (χ4v) is 4.15. The molecule has 1 unspecified atom stereocenters. The van der Waals surface area contributed by atoms with Crippen molar-refractivity contribution in [3.05, 3.63) is 35.9 Å². The monoisotopic (exact) mass is 368 g/mol. The number of amides is 1. The third-order valence-corrected chi connectivity index (χ3v) is 6.35. The van der Waals surface area contributed by atoms with Gasteiger partial charge in [0, 0.05) is 26.7 Å². The van der Waals surface area contributed by atoms with Crippen molar-refractivity contribution < 1.29 is 17.9 Å². The number of rotatable bonds is 7. The molecule has 1 atom stereocenters. The quantitative estimate of drug-likeness (QED) is 0.795. The molecule has 1 aliphatic rings. The molecule has 140 valence electrons. The minimum absolute atomic E-state index is 0.0179. The van der Waals surface area contributed by atoms with Crippen molar-refractivity contribution >= 4 is 15.9 Å². The minimum Gasteiger partial charge on any atom is -0.376 e. The van der Waals surface area contributed by atoms with Crippen molar-refractivity contribution in [2.45, 2.75) is 37.7 Å². The summed E-state index contributed by atoms with van der Waals surface area (Å²) < 4.78 is 30.4. The first-order chi connectivity index (χ1) is 11.8. The number of hydrogen-bond donors (Lipinski definition) is 1. The molecule has 1 aromatic rings. The Bertz CT molecular complexity index is 668. The highest BCUT2D eigenvalue weighted by atomic mass is 32.2. The molecule has 1 heterocycles. The van der Waals surface area contributed by atoms with E-state index in [-0.39, 0.29) is 11.8 Å². The Kier molecular flexibility index (Phi) is 6.59. The number of carbonyl (C=O) groups excluding carboxylic acids is 1. The van der Waals surface area contributed by atoms with Crippen LogP contribution in [0.3, 0.4) is 0 Å². The van der Waals surface area contributed by atoms with Gasteiger partial charge in [0.1, 0.15) is 0 Å². The smallest absolute Gasteiger partial charge is 0.227 e. The first kappa shape index (κ1) is 19.9. The highest BCUT2D eigenvalue weighted by Crippen LogP contribution is 2.27. The van der Waals surface area contributed by atoms with Gasteiger partial charge >= 0.3 is 0 Å². The molecule has 1 fully saturated rings. The van der Waals surface area contributed by atoms with Gasteiger partial charge in [0.05, 0.1) is 17.8 Å². The molecule has 1 aromatic carbocycles. The van der Waals surface area contributed by atoms with E-state index >= 15 is 0 Å². The molecule has 0 aliphatic carbocycles. The first-order valence-electron chi connectivity index (χ1n) is 8.64. The van der Waals surface area contributed by atoms with E-state index in [1.54, 1.807) is 7.11 Å². The van der Waals surface area contributed by atoms with Crippen LogP contribution in [0.5, 0.6) is 0 Å². The number of nitrogens with one attached hydrogen (secondary N) is 1. The lowest BCUT2D eigenvalue weighted by atomic mass is 9.91. The van der Waals surface area contributed by atoms with Crippen LogP contribution in [0.15, 0.2) is 30.3 Å². The topological polar surface area (TPSA) is 75.7 Å². The molecule has 0 saturated carbocycles. The second-order valence-electron chi connectivity index (χ2n) is 6.64. The number of benzene rings is 1. The summed E-state index contributed by atoms with van der Waals surface area (Å²) in [6.45, 7) is 3.22. The normalized spacial score (nSPS) is 19.3. The van der Waals surface area contributed by atoms with Gasteiger partial charge in [-0.1, -0.05) is 37.3 Å². The maximum atomic E-state index is 12.6. The fraction of sp³-hybridized carbons (Fsp3) is 0.611. The van der Waals surface area contributed by atoms with Gasteiger partial charge in [-0.15, -0.1) is 0 Å². The summed E-state index contributed by atoms with van der Waals surface area (Å²) in [7, 11) is -1.56. The maximum Gasteiger partial charge on any atom is 0.227 e. The van der Waals surface area contributed by atoms with E-state index in [1.165, 1.54) is 10.6 Å². The fourth-order valence-electron chi connectivity index (χ4n) is 3.31. The summed E-state index contributed by atoms with van der Waals surface area (Å²) in [4.78, 5) is 12.6. The average molecular weight is 368 g/mol. The third-order valence-electron chi connectivity index (χ3n) is 5.05. The van der Waals surface area contributed by atoms with Crippen LogP contribution in [0.25, 0.3) is 0 Å². The van der Waals surface area contributed by atoms with Gasteiger partial charge in [0.15, 0.2) is 0 Å². The summed E-state index contributed by atoms with van der Waals surface area (Å²) >= 11 is 0. The molecule has 1 N–H and O–H groups in total. The van der Waals surface area contributed by atoms with Crippen LogP contribution in [0.1, 0.15) is 37.7 Å². The molecular weight excluding hydrogens is 340 g/mol. The second-order valence-corrected chi connectivity index (χ2v) is 8.62. The Morgan fingerprint density at radius 2 is 1.88 bits per heavy atom. The molecule has 0 radical (unpaired) electrons. The average Bonchev–Trinajstić information content (AvgIpc) is 2.61. The lowest BCUT2D eigenvalue weighted by Gasteiger charge is -2.40. The van der Waals surface area contributed by atoms with E-state index in [4.69, 9.17) is 4.74 Å². The van der Waals surface area contributed by atoms with Gasteiger partial charge in [0.25, 0.3) is 0 Å². The van der Waals surface area contributed by atoms with Gasteiger partial charge in [-0.3, -0.25) is 4.79 Å². The number of carbonyl (C=O) groups is 1. The van der Waals surface area contributed by atoms with Gasteiger partial charge in [-0.25, -0.2) is 12.7 Å². The highest BCUT2D eigenvalue weighted by Gasteiger charge is 2.37. The molecule has 6 nitrogen and oxygen atoms in total. The van der Waals surface area contributed by atoms with E-state index in [0.717, 1.165) is 12.0 Å². The molecule has 0 spiro atoms. The lowest BCUT2D eigenvalue weighted by Crippen LogP contribution is -2.53. The van der Waals surface area contributed by atoms with Crippen molar-refractivity contribution in [1.82, 2.24) is 9.62 Å². The standard InChI is InChI=1S/C18H28N2O4S/c1-4-16(15-8-6-5-7-9-15)17(21)19-14-18(24-2)10-12-20(13-11-18)25(3,22)23/h5-9,16H,4,10-14H2,1-3H3,(H,19,21). The Morgan fingerprint density at radius 3 is 2.36 bits per heavy atom. The van der Waals surface area contributed by atoms with Crippen LogP contribution in [-0.2, 0) is 19.6 Å². The predicted octanol–water partition coefficient (Wildman–Crippen LogP) is 1.74. The van der Waals surface area contributed by atoms with E-state index in [2.05, 4.69) is 5.32 Å². The largest absolute Gasteiger partial charge is 0.376 e. The third kappa shape index (κ3) is 5.03. The van der Waals surface area contributed by atoms with Gasteiger partial charge in [-0.05, 0) is 24.8 Å². The summed E-state index contributed by atoms with van der Waals surface area (Å²) in [5, 5.41) is 3.02. The van der Waals surface area contributed by atoms with Crippen molar-refractivity contribution in [2.24, 2.45) is 0 Å². The number of nitrogens with zero attached hydrogens (tertiary/aromatic N) is 1. The van der Waals surface area contributed by atoms with Crippen LogP contribution < -0.4 is 5.32 Å². The maximum absolute atomic E-state index is 12.6. The van der Waals surface area contributed by atoms with E-state index in [0.29, 0.717) is 32.5 Å². The van der Waals surface area contributed by atoms with Crippen LogP contribution in [0, 0.1) is 0 Å². The number of hydrogen-bond acceptors (Lipinski definition) is 4. The summed E-state index contributed by atoms with van der Waals surface area (Å²) in [6, 6.07) is 9.73. The zero-order valence-corrected chi connectivity index (χ0v) is 16.0. The lowest BCUT2D eigenvalue weighted by molar-refractivity contribution is -0.125. The van der Waals surface area contributed by atoms with Crippen LogP contribution >= 0.6 is 0 Å². The molecule has 2 rings (SSSR count). The van der Waals surface area contributed by atoms with Gasteiger partial charge in [-0.2, -0.15) is 0 Å². The molecule has 7 heteroatoms. The number of sulfonamides is 1. The molecular formula is C18H28N2O4S. The van der Waals surface area contributed by atoms with Crippen molar-refractivity contribution in [3.63, 3.8) is 0 Å². The predicted molar refractivity (Wildman–Crippen MR) is 97.9 cm³/mol. The number of ether oxygens (including phenoxy) is 1. The van der Waals surface area contributed by atoms with Gasteiger partial charge in [0.2, 0.25) is 15.9 Å². The Balaban J connectivity index is 1.97. The zero-order chi connectivity index (χ0) is 18.5. The summed E-state index contributed by atoms with van der Waals surface area (Å²) in [5.74, 6) is -0.207. The number of piperidine rings is 1. The van der Waals surface area contributed by atoms with Crippen molar-refractivity contribution in [3.8, 4) is 0 Å². The molecule has 0 aromatic heterocycles. The van der Waals surface area contributed by atoms with Crippen molar-refractivity contribution in [2.75, 3.05) is 33.0 Å². The molecule has 1 amide bonds. The SMILES string of the molecule is CCC(C(=O)NCC1(OC)CCN(S(C)(=O)=O)CC1)c1ccccc1. The van der Waals surface area contributed by atoms with Gasteiger partial charge < -0.3 is 10.1 Å². The molecule has 1 saturated heterocycles. The van der Waals surface area contributed by atoms with E-state index in [1.807, 2.05) is 37.3 Å².